The summed E-state index contributed by atoms with van der Waals surface area (Å²) in [7, 11) is 0. The van der Waals surface area contributed by atoms with E-state index in [0.29, 0.717) is 0 Å². The molecule has 3 nitrogen and oxygen atoms in total. The molecule has 0 unspecified atom stereocenters. The monoisotopic (exact) mass is 248 g/mol. The smallest absolute Gasteiger partial charge is 0.416 e. The summed E-state index contributed by atoms with van der Waals surface area (Å²) in [5.74, 6) is 0.183. The van der Waals surface area contributed by atoms with Gasteiger partial charge in [-0.25, -0.2) is 0 Å². The van der Waals surface area contributed by atoms with E-state index in [2.05, 4.69) is 0 Å². The van der Waals surface area contributed by atoms with E-state index in [1.165, 1.54) is 19.9 Å². The Morgan fingerprint density at radius 2 is 1.82 bits per heavy atom. The van der Waals surface area contributed by atoms with Crippen molar-refractivity contribution in [3.63, 3.8) is 0 Å². The topological polar surface area (TPSA) is 38.7 Å². The van der Waals surface area contributed by atoms with Crippen molar-refractivity contribution in [3.05, 3.63) is 23.3 Å². The third kappa shape index (κ3) is 2.04. The van der Waals surface area contributed by atoms with Gasteiger partial charge in [-0.3, -0.25) is 0 Å². The van der Waals surface area contributed by atoms with Crippen LogP contribution < -0.4 is 9.47 Å². The number of aliphatic hydroxyl groups is 1. The summed E-state index contributed by atoms with van der Waals surface area (Å²) in [6.45, 7) is 2.42. The van der Waals surface area contributed by atoms with E-state index in [4.69, 9.17) is 9.47 Å². The summed E-state index contributed by atoms with van der Waals surface area (Å²) in [5, 5.41) is 9.86. The predicted molar refractivity (Wildman–Crippen MR) is 52.8 cm³/mol. The Labute approximate surface area is 95.8 Å². The second-order valence-corrected chi connectivity index (χ2v) is 4.28. The number of halogens is 3. The Morgan fingerprint density at radius 1 is 1.18 bits per heavy atom. The molecule has 1 aliphatic heterocycles. The van der Waals surface area contributed by atoms with Crippen LogP contribution in [0.5, 0.6) is 11.5 Å². The number of rotatable bonds is 1. The minimum atomic E-state index is -4.55. The summed E-state index contributed by atoms with van der Waals surface area (Å²) in [6, 6.07) is 2.08. The van der Waals surface area contributed by atoms with Gasteiger partial charge in [0.2, 0.25) is 6.79 Å². The van der Waals surface area contributed by atoms with E-state index in [1.807, 2.05) is 0 Å². The number of benzene rings is 1. The maximum Gasteiger partial charge on any atom is 0.416 e. The molecule has 1 aliphatic rings. The summed E-state index contributed by atoms with van der Waals surface area (Å²) in [5.41, 5.74) is -2.86. The molecule has 0 spiro atoms. The lowest BCUT2D eigenvalue weighted by Gasteiger charge is -2.24. The van der Waals surface area contributed by atoms with Gasteiger partial charge in [0.25, 0.3) is 0 Å². The molecule has 6 heteroatoms. The van der Waals surface area contributed by atoms with Gasteiger partial charge in [0.15, 0.2) is 11.5 Å². The Bertz CT molecular complexity index is 447. The highest BCUT2D eigenvalue weighted by atomic mass is 19.4. The minimum absolute atomic E-state index is 0.0349. The van der Waals surface area contributed by atoms with Crippen LogP contribution in [0.2, 0.25) is 0 Å². The van der Waals surface area contributed by atoms with Crippen molar-refractivity contribution < 1.29 is 27.8 Å². The highest BCUT2D eigenvalue weighted by Gasteiger charge is 2.41. The minimum Gasteiger partial charge on any atom is -0.454 e. The van der Waals surface area contributed by atoms with E-state index in [1.54, 1.807) is 0 Å². The average Bonchev–Trinajstić information content (AvgIpc) is 2.59. The van der Waals surface area contributed by atoms with Crippen LogP contribution in [0.25, 0.3) is 0 Å². The van der Waals surface area contributed by atoms with E-state index in [9.17, 15) is 18.3 Å². The zero-order valence-electron chi connectivity index (χ0n) is 9.26. The second kappa shape index (κ2) is 3.53. The molecule has 17 heavy (non-hydrogen) atoms. The molecule has 0 amide bonds. The molecule has 1 aromatic rings. The maximum atomic E-state index is 12.8. The molecule has 0 saturated heterocycles. The molecular formula is C11H11F3O3. The third-order valence-electron chi connectivity index (χ3n) is 2.46. The highest BCUT2D eigenvalue weighted by Crippen LogP contribution is 2.47. The molecule has 0 aromatic heterocycles. The zero-order valence-corrected chi connectivity index (χ0v) is 9.26. The molecule has 0 saturated carbocycles. The molecule has 2 rings (SSSR count). The van der Waals surface area contributed by atoms with Gasteiger partial charge in [-0.05, 0) is 26.0 Å². The van der Waals surface area contributed by atoms with Crippen LogP contribution in [0.1, 0.15) is 25.0 Å². The third-order valence-corrected chi connectivity index (χ3v) is 2.46. The second-order valence-electron chi connectivity index (χ2n) is 4.28. The Hall–Kier alpha value is -1.43. The lowest BCUT2D eigenvalue weighted by atomic mass is 9.91. The van der Waals surface area contributed by atoms with Gasteiger partial charge in [0.1, 0.15) is 0 Å². The maximum absolute atomic E-state index is 12.8. The highest BCUT2D eigenvalue weighted by molar-refractivity contribution is 5.55. The van der Waals surface area contributed by atoms with E-state index >= 15 is 0 Å². The van der Waals surface area contributed by atoms with E-state index < -0.39 is 17.3 Å². The first-order valence-corrected chi connectivity index (χ1v) is 4.94. The summed E-state index contributed by atoms with van der Waals surface area (Å²) < 4.78 is 48.5. The van der Waals surface area contributed by atoms with Crippen LogP contribution in [0.15, 0.2) is 12.1 Å². The van der Waals surface area contributed by atoms with Gasteiger partial charge in [-0.2, -0.15) is 13.2 Å². The van der Waals surface area contributed by atoms with Gasteiger partial charge < -0.3 is 14.6 Å². The largest absolute Gasteiger partial charge is 0.454 e. The van der Waals surface area contributed by atoms with Crippen molar-refractivity contribution in [1.82, 2.24) is 0 Å². The molecule has 0 atom stereocenters. The molecule has 0 aliphatic carbocycles. The summed E-state index contributed by atoms with van der Waals surface area (Å²) >= 11 is 0. The standard InChI is InChI=1S/C11H11F3O3/c1-10(2,15)8-6(11(12,13)14)3-4-7-9(8)17-5-16-7/h3-4,15H,5H2,1-2H3. The SMILES string of the molecule is CC(C)(O)c1c(C(F)(F)F)ccc2c1OCO2. The van der Waals surface area contributed by atoms with Crippen molar-refractivity contribution >= 4 is 0 Å². The van der Waals surface area contributed by atoms with Crippen LogP contribution in [0.3, 0.4) is 0 Å². The van der Waals surface area contributed by atoms with Crippen molar-refractivity contribution in [2.75, 3.05) is 6.79 Å². The van der Waals surface area contributed by atoms with Crippen molar-refractivity contribution in [1.29, 1.82) is 0 Å². The van der Waals surface area contributed by atoms with E-state index in [0.717, 1.165) is 6.07 Å². The Kier molecular flexibility index (Phi) is 2.50. The van der Waals surface area contributed by atoms with Gasteiger partial charge in [0, 0.05) is 5.56 Å². The van der Waals surface area contributed by atoms with Crippen LogP contribution in [-0.4, -0.2) is 11.9 Å². The van der Waals surface area contributed by atoms with E-state index in [-0.39, 0.29) is 23.9 Å². The first kappa shape index (κ1) is 12.0. The molecule has 0 fully saturated rings. The number of hydrogen-bond donors (Lipinski definition) is 1. The predicted octanol–water partition coefficient (Wildman–Crippen LogP) is 2.66. The molecule has 0 radical (unpaired) electrons. The van der Waals surface area contributed by atoms with Crippen LogP contribution >= 0.6 is 0 Å². The van der Waals surface area contributed by atoms with Crippen LogP contribution in [0, 0.1) is 0 Å². The molecule has 0 bridgehead atoms. The fourth-order valence-corrected chi connectivity index (χ4v) is 1.82. The average molecular weight is 248 g/mol. The van der Waals surface area contributed by atoms with Gasteiger partial charge >= 0.3 is 6.18 Å². The normalized spacial score (nSPS) is 15.2. The molecule has 1 aromatic carbocycles. The van der Waals surface area contributed by atoms with Gasteiger partial charge in [0.05, 0.1) is 11.2 Å². The number of ether oxygens (including phenoxy) is 2. The lowest BCUT2D eigenvalue weighted by Crippen LogP contribution is -2.22. The first-order valence-electron chi connectivity index (χ1n) is 4.94. The fourth-order valence-electron chi connectivity index (χ4n) is 1.82. The molecule has 94 valence electrons. The summed E-state index contributed by atoms with van der Waals surface area (Å²) in [4.78, 5) is 0. The zero-order chi connectivity index (χ0) is 12.8. The van der Waals surface area contributed by atoms with Gasteiger partial charge in [-0.1, -0.05) is 0 Å². The number of alkyl halides is 3. The first-order chi connectivity index (χ1) is 7.71. The summed E-state index contributed by atoms with van der Waals surface area (Å²) in [6.07, 6.45) is -4.55. The van der Waals surface area contributed by atoms with Crippen molar-refractivity contribution in [2.45, 2.75) is 25.6 Å². The quantitative estimate of drug-likeness (QED) is 0.830. The number of hydrogen-bond acceptors (Lipinski definition) is 3. The fraction of sp³-hybridized carbons (Fsp3) is 0.455. The van der Waals surface area contributed by atoms with Crippen molar-refractivity contribution in [2.24, 2.45) is 0 Å². The lowest BCUT2D eigenvalue weighted by molar-refractivity contribution is -0.140. The van der Waals surface area contributed by atoms with Crippen LogP contribution in [-0.2, 0) is 11.8 Å². The Morgan fingerprint density at radius 3 is 2.35 bits per heavy atom. The Balaban J connectivity index is 2.70. The van der Waals surface area contributed by atoms with Crippen LogP contribution in [0.4, 0.5) is 13.2 Å². The molecular weight excluding hydrogens is 237 g/mol. The molecule has 1 heterocycles. The molecule has 1 N–H and O–H groups in total. The number of fused-ring (bicyclic) bond motifs is 1. The van der Waals surface area contributed by atoms with Gasteiger partial charge in [-0.15, -0.1) is 0 Å². The van der Waals surface area contributed by atoms with Crippen molar-refractivity contribution in [3.8, 4) is 11.5 Å².